The molecule has 2 heteroatoms. The van der Waals surface area contributed by atoms with Crippen LogP contribution in [0, 0.1) is 13.8 Å². The lowest BCUT2D eigenvalue weighted by Gasteiger charge is -2.01. The van der Waals surface area contributed by atoms with Crippen LogP contribution in [0.3, 0.4) is 0 Å². The summed E-state index contributed by atoms with van der Waals surface area (Å²) in [5, 5.41) is 0. The topological polar surface area (TPSA) is 12.9 Å². The van der Waals surface area contributed by atoms with Crippen LogP contribution in [0.15, 0.2) is 30.3 Å². The third-order valence-electron chi connectivity index (χ3n) is 2.40. The van der Waals surface area contributed by atoms with Gasteiger partial charge in [-0.15, -0.1) is 0 Å². The number of aromatic nitrogens is 1. The van der Waals surface area contributed by atoms with Gasteiger partial charge in [0.15, 0.2) is 0 Å². The summed E-state index contributed by atoms with van der Waals surface area (Å²) in [6.07, 6.45) is 1.01. The van der Waals surface area contributed by atoms with Crippen LogP contribution >= 0.6 is 11.5 Å². The van der Waals surface area contributed by atoms with Gasteiger partial charge in [-0.25, -0.2) is 0 Å². The highest BCUT2D eigenvalue weighted by atomic mass is 32.1. The van der Waals surface area contributed by atoms with Crippen molar-refractivity contribution in [1.29, 1.82) is 0 Å². The van der Waals surface area contributed by atoms with Gasteiger partial charge in [0.1, 0.15) is 0 Å². The lowest BCUT2D eigenvalue weighted by molar-refractivity contribution is 1.13. The van der Waals surface area contributed by atoms with E-state index in [1.54, 1.807) is 11.5 Å². The van der Waals surface area contributed by atoms with E-state index in [1.165, 1.54) is 21.7 Å². The van der Waals surface area contributed by atoms with Gasteiger partial charge in [-0.1, -0.05) is 30.3 Å². The first kappa shape index (κ1) is 9.41. The molecule has 0 aliphatic rings. The number of nitrogens with zero attached hydrogens (tertiary/aromatic N) is 1. The minimum atomic E-state index is 1.01. The van der Waals surface area contributed by atoms with Gasteiger partial charge in [-0.3, -0.25) is 0 Å². The molecule has 14 heavy (non-hydrogen) atoms. The third kappa shape index (κ3) is 1.85. The molecule has 0 atom stereocenters. The summed E-state index contributed by atoms with van der Waals surface area (Å²) in [5.41, 5.74) is 3.93. The lowest BCUT2D eigenvalue weighted by Crippen LogP contribution is -1.90. The maximum Gasteiger partial charge on any atom is 0.0549 e. The molecule has 0 saturated carbocycles. The third-order valence-corrected chi connectivity index (χ3v) is 3.29. The largest absolute Gasteiger partial charge is 0.197 e. The quantitative estimate of drug-likeness (QED) is 0.729. The first-order valence-corrected chi connectivity index (χ1v) is 5.50. The second-order valence-corrected chi connectivity index (χ2v) is 4.44. The van der Waals surface area contributed by atoms with E-state index in [4.69, 9.17) is 0 Å². The van der Waals surface area contributed by atoms with E-state index in [-0.39, 0.29) is 0 Å². The number of rotatable bonds is 2. The van der Waals surface area contributed by atoms with E-state index < -0.39 is 0 Å². The molecule has 1 nitrogen and oxygen atoms in total. The maximum absolute atomic E-state index is 4.35. The van der Waals surface area contributed by atoms with Crippen molar-refractivity contribution in [2.75, 3.05) is 0 Å². The molecular weight excluding hydrogens is 190 g/mol. The zero-order valence-corrected chi connectivity index (χ0v) is 9.27. The Bertz CT molecular complexity index is 398. The highest BCUT2D eigenvalue weighted by molar-refractivity contribution is 7.05. The molecule has 0 spiro atoms. The highest BCUT2D eigenvalue weighted by Crippen LogP contribution is 2.20. The molecule has 0 fully saturated rings. The summed E-state index contributed by atoms with van der Waals surface area (Å²) in [4.78, 5) is 1.34. The monoisotopic (exact) mass is 203 g/mol. The van der Waals surface area contributed by atoms with Crippen LogP contribution in [-0.2, 0) is 6.42 Å². The fraction of sp³-hybridized carbons (Fsp3) is 0.250. The van der Waals surface area contributed by atoms with Crippen molar-refractivity contribution in [2.24, 2.45) is 0 Å². The fourth-order valence-corrected chi connectivity index (χ4v) is 2.27. The molecule has 0 N–H and O–H groups in total. The summed E-state index contributed by atoms with van der Waals surface area (Å²) in [7, 11) is 0. The summed E-state index contributed by atoms with van der Waals surface area (Å²) < 4.78 is 4.35. The molecule has 0 aliphatic carbocycles. The molecule has 2 aromatic rings. The number of benzene rings is 1. The van der Waals surface area contributed by atoms with Gasteiger partial charge in [0.05, 0.1) is 5.69 Å². The molecule has 0 radical (unpaired) electrons. The maximum atomic E-state index is 4.35. The summed E-state index contributed by atoms with van der Waals surface area (Å²) in [6.45, 7) is 4.23. The van der Waals surface area contributed by atoms with Gasteiger partial charge in [0, 0.05) is 11.3 Å². The van der Waals surface area contributed by atoms with Crippen molar-refractivity contribution in [2.45, 2.75) is 20.3 Å². The summed E-state index contributed by atoms with van der Waals surface area (Å²) >= 11 is 1.60. The molecule has 0 bridgehead atoms. The minimum absolute atomic E-state index is 1.01. The van der Waals surface area contributed by atoms with Crippen molar-refractivity contribution in [3.8, 4) is 0 Å². The van der Waals surface area contributed by atoms with Crippen LogP contribution in [0.4, 0.5) is 0 Å². The normalized spacial score (nSPS) is 10.4. The second kappa shape index (κ2) is 3.93. The van der Waals surface area contributed by atoms with Crippen LogP contribution in [0.5, 0.6) is 0 Å². The number of aryl methyl sites for hydroxylation is 2. The van der Waals surface area contributed by atoms with Crippen LogP contribution in [-0.4, -0.2) is 4.37 Å². The van der Waals surface area contributed by atoms with Gasteiger partial charge in [0.25, 0.3) is 0 Å². The van der Waals surface area contributed by atoms with Gasteiger partial charge in [-0.2, -0.15) is 4.37 Å². The van der Waals surface area contributed by atoms with E-state index in [2.05, 4.69) is 48.6 Å². The number of hydrogen-bond acceptors (Lipinski definition) is 2. The van der Waals surface area contributed by atoms with Crippen LogP contribution in [0.25, 0.3) is 0 Å². The van der Waals surface area contributed by atoms with Gasteiger partial charge >= 0.3 is 0 Å². The molecule has 0 saturated heterocycles. The van der Waals surface area contributed by atoms with Gasteiger partial charge < -0.3 is 0 Å². The van der Waals surface area contributed by atoms with Crippen LogP contribution in [0.2, 0.25) is 0 Å². The minimum Gasteiger partial charge on any atom is -0.197 e. The standard InChI is InChI=1S/C12H13NS/c1-9-12(10(2)14-13-9)8-11-6-4-3-5-7-11/h3-7H,8H2,1-2H3. The molecule has 0 unspecified atom stereocenters. The fourth-order valence-electron chi connectivity index (χ4n) is 1.55. The zero-order valence-electron chi connectivity index (χ0n) is 8.45. The van der Waals surface area contributed by atoms with Crippen molar-refractivity contribution in [1.82, 2.24) is 4.37 Å². The van der Waals surface area contributed by atoms with Gasteiger partial charge in [-0.05, 0) is 36.5 Å². The van der Waals surface area contributed by atoms with Crippen LogP contribution in [0.1, 0.15) is 21.7 Å². The molecule has 2 rings (SSSR count). The Balaban J connectivity index is 2.27. The Morgan fingerprint density at radius 2 is 1.86 bits per heavy atom. The molecule has 1 heterocycles. The molecule has 1 aromatic carbocycles. The number of hydrogen-bond donors (Lipinski definition) is 0. The van der Waals surface area contributed by atoms with E-state index >= 15 is 0 Å². The van der Waals surface area contributed by atoms with E-state index in [1.807, 2.05) is 0 Å². The summed E-state index contributed by atoms with van der Waals surface area (Å²) in [6, 6.07) is 10.5. The predicted molar refractivity (Wildman–Crippen MR) is 60.8 cm³/mol. The Morgan fingerprint density at radius 3 is 2.43 bits per heavy atom. The van der Waals surface area contributed by atoms with Crippen molar-refractivity contribution in [3.63, 3.8) is 0 Å². The SMILES string of the molecule is Cc1nsc(C)c1Cc1ccccc1. The molecule has 0 aliphatic heterocycles. The first-order chi connectivity index (χ1) is 6.77. The molecule has 72 valence electrons. The Labute approximate surface area is 88.6 Å². The van der Waals surface area contributed by atoms with Crippen molar-refractivity contribution >= 4 is 11.5 Å². The summed E-state index contributed by atoms with van der Waals surface area (Å²) in [5.74, 6) is 0. The zero-order chi connectivity index (χ0) is 9.97. The van der Waals surface area contributed by atoms with Crippen molar-refractivity contribution < 1.29 is 0 Å². The molecule has 0 amide bonds. The van der Waals surface area contributed by atoms with E-state index in [0.29, 0.717) is 0 Å². The average Bonchev–Trinajstić information content (AvgIpc) is 2.51. The lowest BCUT2D eigenvalue weighted by atomic mass is 10.0. The van der Waals surface area contributed by atoms with Gasteiger partial charge in [0.2, 0.25) is 0 Å². The smallest absolute Gasteiger partial charge is 0.0549 e. The first-order valence-electron chi connectivity index (χ1n) is 4.73. The Kier molecular flexibility index (Phi) is 2.64. The van der Waals surface area contributed by atoms with E-state index in [0.717, 1.165) is 6.42 Å². The molecule has 1 aromatic heterocycles. The Hall–Kier alpha value is -1.15. The highest BCUT2D eigenvalue weighted by Gasteiger charge is 2.06. The predicted octanol–water partition coefficient (Wildman–Crippen LogP) is 3.35. The van der Waals surface area contributed by atoms with Crippen LogP contribution < -0.4 is 0 Å². The molecular formula is C12H13NS. The average molecular weight is 203 g/mol. The van der Waals surface area contributed by atoms with E-state index in [9.17, 15) is 0 Å². The van der Waals surface area contributed by atoms with Crippen molar-refractivity contribution in [3.05, 3.63) is 52.0 Å². The second-order valence-electron chi connectivity index (χ2n) is 3.47. The Morgan fingerprint density at radius 1 is 1.14 bits per heavy atom.